The Kier molecular flexibility index (Phi) is 12.2. The number of rotatable bonds is 12. The number of nitrogens with zero attached hydrogens (tertiary/aromatic N) is 1. The second-order valence-corrected chi connectivity index (χ2v) is 7.10. The summed E-state index contributed by atoms with van der Waals surface area (Å²) < 4.78 is 11.8. The first-order valence-electron chi connectivity index (χ1n) is 9.89. The average Bonchev–Trinajstić information content (AvgIpc) is 2.75. The monoisotopic (exact) mass is 456 g/mol. The maximum atomic E-state index is 11.2. The molecule has 30 heavy (non-hydrogen) atoms. The molecule has 0 heterocycles. The van der Waals surface area contributed by atoms with Crippen molar-refractivity contribution in [2.24, 2.45) is 0 Å². The Morgan fingerprint density at radius 2 is 1.63 bits per heavy atom. The molecule has 0 saturated heterocycles. The topological polar surface area (TPSA) is 71.0 Å². The fourth-order valence-corrected chi connectivity index (χ4v) is 3.14. The van der Waals surface area contributed by atoms with Crippen LogP contribution in [0.2, 0.25) is 5.02 Å². The first-order chi connectivity index (χ1) is 14.0. The van der Waals surface area contributed by atoms with Crippen LogP contribution in [0.3, 0.4) is 0 Å². The molecule has 2 N–H and O–H groups in total. The van der Waals surface area contributed by atoms with Crippen LogP contribution in [-0.4, -0.2) is 41.8 Å². The van der Waals surface area contributed by atoms with E-state index in [1.165, 1.54) is 0 Å². The highest BCUT2D eigenvalue weighted by Crippen LogP contribution is 2.25. The van der Waals surface area contributed by atoms with E-state index in [1.54, 1.807) is 17.6 Å². The standard InChI is InChI=1S/C22H29ClN2O4.ClH/c1-3-18(25(4-2)15-5-6-22(26)24-27)16-28-19-11-13-21(14-12-19)29-20-9-7-17(23)8-10-20;/h7-14,18,27H,3-6,15-16H2,1-2H3,(H,24,26);1H/t18-;/m0./s1. The predicted molar refractivity (Wildman–Crippen MR) is 121 cm³/mol. The van der Waals surface area contributed by atoms with Gasteiger partial charge in [0, 0.05) is 17.5 Å². The summed E-state index contributed by atoms with van der Waals surface area (Å²) in [6.07, 6.45) is 1.94. The number of carbonyl (C=O) groups is 1. The van der Waals surface area contributed by atoms with Gasteiger partial charge in [0.1, 0.15) is 23.9 Å². The van der Waals surface area contributed by atoms with Crippen LogP contribution in [0.1, 0.15) is 33.1 Å². The first-order valence-corrected chi connectivity index (χ1v) is 10.3. The Bertz CT molecular complexity index is 742. The summed E-state index contributed by atoms with van der Waals surface area (Å²) >= 11 is 5.89. The molecule has 2 rings (SSSR count). The molecule has 8 heteroatoms. The van der Waals surface area contributed by atoms with E-state index >= 15 is 0 Å². The molecule has 166 valence electrons. The molecule has 2 aromatic carbocycles. The van der Waals surface area contributed by atoms with Crippen molar-refractivity contribution in [1.29, 1.82) is 0 Å². The molecule has 1 amide bonds. The van der Waals surface area contributed by atoms with Crippen molar-refractivity contribution in [1.82, 2.24) is 10.4 Å². The van der Waals surface area contributed by atoms with Crippen LogP contribution in [0.15, 0.2) is 48.5 Å². The van der Waals surface area contributed by atoms with Gasteiger partial charge >= 0.3 is 0 Å². The number of hydrogen-bond donors (Lipinski definition) is 2. The van der Waals surface area contributed by atoms with Gasteiger partial charge in [-0.1, -0.05) is 25.4 Å². The average molecular weight is 457 g/mol. The lowest BCUT2D eigenvalue weighted by atomic mass is 10.1. The van der Waals surface area contributed by atoms with E-state index < -0.39 is 0 Å². The Labute approximate surface area is 189 Å². The minimum atomic E-state index is -0.355. The number of hydroxylamine groups is 1. The number of likely N-dealkylation sites (N-methyl/N-ethyl adjacent to an activating group) is 1. The largest absolute Gasteiger partial charge is 0.492 e. The third-order valence-electron chi connectivity index (χ3n) is 4.68. The predicted octanol–water partition coefficient (Wildman–Crippen LogP) is 5.32. The molecule has 6 nitrogen and oxygen atoms in total. The molecule has 0 aliphatic rings. The molecule has 2 aromatic rings. The third kappa shape index (κ3) is 8.79. The fraction of sp³-hybridized carbons (Fsp3) is 0.409. The van der Waals surface area contributed by atoms with Crippen molar-refractivity contribution in [2.45, 2.75) is 39.2 Å². The Morgan fingerprint density at radius 3 is 2.17 bits per heavy atom. The molecule has 0 saturated carbocycles. The van der Waals surface area contributed by atoms with E-state index in [0.29, 0.717) is 24.5 Å². The van der Waals surface area contributed by atoms with Gasteiger partial charge in [-0.3, -0.25) is 14.9 Å². The first kappa shape index (κ1) is 26.0. The van der Waals surface area contributed by atoms with E-state index in [9.17, 15) is 4.79 Å². The highest BCUT2D eigenvalue weighted by atomic mass is 35.5. The minimum absolute atomic E-state index is 0. The number of hydrogen-bond acceptors (Lipinski definition) is 5. The summed E-state index contributed by atoms with van der Waals surface area (Å²) in [5, 5.41) is 9.26. The number of benzene rings is 2. The van der Waals surface area contributed by atoms with E-state index in [-0.39, 0.29) is 24.4 Å². The molecule has 0 spiro atoms. The summed E-state index contributed by atoms with van der Waals surface area (Å²) in [4.78, 5) is 13.5. The highest BCUT2D eigenvalue weighted by Gasteiger charge is 2.16. The number of carbonyl (C=O) groups excluding carboxylic acids is 1. The molecule has 0 aromatic heterocycles. The third-order valence-corrected chi connectivity index (χ3v) is 4.94. The van der Waals surface area contributed by atoms with Gasteiger partial charge in [-0.2, -0.15) is 0 Å². The van der Waals surface area contributed by atoms with Crippen LogP contribution in [0.4, 0.5) is 0 Å². The van der Waals surface area contributed by atoms with Crippen LogP contribution >= 0.6 is 24.0 Å². The van der Waals surface area contributed by atoms with Gasteiger partial charge in [-0.25, -0.2) is 5.48 Å². The molecule has 0 radical (unpaired) electrons. The van der Waals surface area contributed by atoms with Gasteiger partial charge in [-0.15, -0.1) is 12.4 Å². The van der Waals surface area contributed by atoms with E-state index in [0.717, 1.165) is 36.8 Å². The van der Waals surface area contributed by atoms with E-state index in [2.05, 4.69) is 18.7 Å². The Hall–Kier alpha value is -1.99. The summed E-state index contributed by atoms with van der Waals surface area (Å²) in [5.41, 5.74) is 1.67. The summed E-state index contributed by atoms with van der Waals surface area (Å²) in [6, 6.07) is 15.0. The second kappa shape index (κ2) is 14.1. The molecule has 0 unspecified atom stereocenters. The van der Waals surface area contributed by atoms with E-state index in [4.69, 9.17) is 26.3 Å². The zero-order valence-electron chi connectivity index (χ0n) is 17.3. The van der Waals surface area contributed by atoms with Crippen LogP contribution < -0.4 is 15.0 Å². The van der Waals surface area contributed by atoms with Crippen molar-refractivity contribution in [3.8, 4) is 17.2 Å². The zero-order chi connectivity index (χ0) is 21.1. The van der Waals surface area contributed by atoms with E-state index in [1.807, 2.05) is 36.4 Å². The molecular weight excluding hydrogens is 427 g/mol. The molecule has 1 atom stereocenters. The molecule has 0 aliphatic heterocycles. The maximum Gasteiger partial charge on any atom is 0.243 e. The SMILES string of the molecule is CC[C@@H](COc1ccc(Oc2ccc(Cl)cc2)cc1)N(CC)CCCC(=O)NO.Cl. The lowest BCUT2D eigenvalue weighted by Gasteiger charge is -2.29. The quantitative estimate of drug-likeness (QED) is 0.334. The molecule has 0 bridgehead atoms. The smallest absolute Gasteiger partial charge is 0.243 e. The lowest BCUT2D eigenvalue weighted by molar-refractivity contribution is -0.129. The van der Waals surface area contributed by atoms with Crippen molar-refractivity contribution < 1.29 is 19.5 Å². The van der Waals surface area contributed by atoms with Crippen LogP contribution in [-0.2, 0) is 4.79 Å². The number of nitrogens with one attached hydrogen (secondary N) is 1. The van der Waals surface area contributed by atoms with Crippen molar-refractivity contribution in [3.63, 3.8) is 0 Å². The molecular formula is C22H30Cl2N2O4. The Balaban J connectivity index is 0.00000450. The van der Waals surface area contributed by atoms with Gasteiger partial charge in [-0.05, 0) is 74.5 Å². The van der Waals surface area contributed by atoms with Crippen molar-refractivity contribution in [2.75, 3.05) is 19.7 Å². The summed E-state index contributed by atoms with van der Waals surface area (Å²) in [7, 11) is 0. The maximum absolute atomic E-state index is 11.2. The summed E-state index contributed by atoms with van der Waals surface area (Å²) in [5.74, 6) is 1.88. The number of amides is 1. The zero-order valence-corrected chi connectivity index (χ0v) is 18.9. The lowest BCUT2D eigenvalue weighted by Crippen LogP contribution is -2.40. The van der Waals surface area contributed by atoms with Crippen molar-refractivity contribution in [3.05, 3.63) is 53.6 Å². The number of halogens is 2. The van der Waals surface area contributed by atoms with Gasteiger partial charge < -0.3 is 9.47 Å². The number of ether oxygens (including phenoxy) is 2. The Morgan fingerprint density at radius 1 is 1.07 bits per heavy atom. The van der Waals surface area contributed by atoms with Crippen LogP contribution in [0, 0.1) is 0 Å². The van der Waals surface area contributed by atoms with Gasteiger partial charge in [0.25, 0.3) is 0 Å². The van der Waals surface area contributed by atoms with Gasteiger partial charge in [0.05, 0.1) is 0 Å². The normalized spacial score (nSPS) is 11.5. The summed E-state index contributed by atoms with van der Waals surface area (Å²) in [6.45, 7) is 6.43. The molecule has 0 aliphatic carbocycles. The minimum Gasteiger partial charge on any atom is -0.492 e. The van der Waals surface area contributed by atoms with Crippen LogP contribution in [0.25, 0.3) is 0 Å². The fourth-order valence-electron chi connectivity index (χ4n) is 3.01. The highest BCUT2D eigenvalue weighted by molar-refractivity contribution is 6.30. The van der Waals surface area contributed by atoms with Gasteiger partial charge in [0.15, 0.2) is 0 Å². The molecule has 0 fully saturated rings. The van der Waals surface area contributed by atoms with Gasteiger partial charge in [0.2, 0.25) is 5.91 Å². The second-order valence-electron chi connectivity index (χ2n) is 6.67. The van der Waals surface area contributed by atoms with Crippen molar-refractivity contribution >= 4 is 29.9 Å². The van der Waals surface area contributed by atoms with Crippen LogP contribution in [0.5, 0.6) is 17.2 Å².